The van der Waals surface area contributed by atoms with Crippen molar-refractivity contribution in [2.75, 3.05) is 25.5 Å². The summed E-state index contributed by atoms with van der Waals surface area (Å²) < 4.78 is 14.2. The molecule has 0 radical (unpaired) electrons. The van der Waals surface area contributed by atoms with Gasteiger partial charge in [-0.1, -0.05) is 12.8 Å². The number of hydrogen-bond acceptors (Lipinski definition) is 3. The SMILES string of the molecule is CCNc1nccc(C(=O)N(C)CC2CCCC2)c1F. The van der Waals surface area contributed by atoms with E-state index in [2.05, 4.69) is 10.3 Å². The van der Waals surface area contributed by atoms with Crippen LogP contribution in [0.5, 0.6) is 0 Å². The smallest absolute Gasteiger partial charge is 0.256 e. The average Bonchev–Trinajstić information content (AvgIpc) is 2.93. The standard InChI is InChI=1S/C15H22FN3O/c1-3-17-14-13(16)12(8-9-18-14)15(20)19(2)10-11-6-4-5-7-11/h8-9,11H,3-7,10H2,1-2H3,(H,17,18). The molecule has 0 aliphatic heterocycles. The van der Waals surface area contributed by atoms with Crippen LogP contribution in [0, 0.1) is 11.7 Å². The van der Waals surface area contributed by atoms with Gasteiger partial charge in [-0.15, -0.1) is 0 Å². The summed E-state index contributed by atoms with van der Waals surface area (Å²) in [6.45, 7) is 3.14. The van der Waals surface area contributed by atoms with Gasteiger partial charge in [0, 0.05) is 26.3 Å². The molecule has 1 heterocycles. The monoisotopic (exact) mass is 279 g/mol. The summed E-state index contributed by atoms with van der Waals surface area (Å²) >= 11 is 0. The number of carbonyl (C=O) groups is 1. The van der Waals surface area contributed by atoms with Crippen LogP contribution in [0.25, 0.3) is 0 Å². The first-order valence-corrected chi connectivity index (χ1v) is 7.27. The summed E-state index contributed by atoms with van der Waals surface area (Å²) in [6, 6.07) is 1.45. The van der Waals surface area contributed by atoms with Crippen molar-refractivity contribution < 1.29 is 9.18 Å². The summed E-state index contributed by atoms with van der Waals surface area (Å²) in [6.07, 6.45) is 6.28. The van der Waals surface area contributed by atoms with E-state index in [4.69, 9.17) is 0 Å². The van der Waals surface area contributed by atoms with Gasteiger partial charge in [-0.05, 0) is 31.7 Å². The molecule has 0 unspecified atom stereocenters. The summed E-state index contributed by atoms with van der Waals surface area (Å²) in [5, 5.41) is 2.83. The number of aromatic nitrogens is 1. The molecule has 4 nitrogen and oxygen atoms in total. The lowest BCUT2D eigenvalue weighted by molar-refractivity contribution is 0.0768. The number of rotatable bonds is 5. The highest BCUT2D eigenvalue weighted by atomic mass is 19.1. The van der Waals surface area contributed by atoms with E-state index in [1.54, 1.807) is 11.9 Å². The summed E-state index contributed by atoms with van der Waals surface area (Å²) in [7, 11) is 1.74. The van der Waals surface area contributed by atoms with Gasteiger partial charge in [0.2, 0.25) is 0 Å². The maximum Gasteiger partial charge on any atom is 0.256 e. The zero-order chi connectivity index (χ0) is 14.5. The molecule has 1 saturated carbocycles. The first kappa shape index (κ1) is 14.8. The van der Waals surface area contributed by atoms with E-state index < -0.39 is 5.82 Å². The van der Waals surface area contributed by atoms with Crippen molar-refractivity contribution >= 4 is 11.7 Å². The number of hydrogen-bond donors (Lipinski definition) is 1. The number of nitrogens with zero attached hydrogens (tertiary/aromatic N) is 2. The third-order valence-electron chi connectivity index (χ3n) is 3.82. The molecular weight excluding hydrogens is 257 g/mol. The lowest BCUT2D eigenvalue weighted by Crippen LogP contribution is -2.32. The predicted molar refractivity (Wildman–Crippen MR) is 77.3 cm³/mol. The van der Waals surface area contributed by atoms with Crippen molar-refractivity contribution in [2.45, 2.75) is 32.6 Å². The predicted octanol–water partition coefficient (Wildman–Crippen LogP) is 2.91. The first-order valence-electron chi connectivity index (χ1n) is 7.27. The molecule has 5 heteroatoms. The van der Waals surface area contributed by atoms with Crippen LogP contribution in [0.2, 0.25) is 0 Å². The van der Waals surface area contributed by atoms with E-state index in [0.717, 1.165) is 0 Å². The second kappa shape index (κ2) is 6.68. The number of anilines is 1. The second-order valence-corrected chi connectivity index (χ2v) is 5.39. The van der Waals surface area contributed by atoms with Crippen LogP contribution in [0.15, 0.2) is 12.3 Å². The summed E-state index contributed by atoms with van der Waals surface area (Å²) in [5.41, 5.74) is 0.0939. The molecule has 0 spiro atoms. The number of carbonyl (C=O) groups excluding carboxylic acids is 1. The molecule has 0 saturated heterocycles. The number of amides is 1. The topological polar surface area (TPSA) is 45.2 Å². The molecule has 1 N–H and O–H groups in total. The van der Waals surface area contributed by atoms with Crippen LogP contribution in [0.4, 0.5) is 10.2 Å². The van der Waals surface area contributed by atoms with Crippen molar-refractivity contribution in [3.63, 3.8) is 0 Å². The van der Waals surface area contributed by atoms with Crippen LogP contribution in [0.3, 0.4) is 0 Å². The second-order valence-electron chi connectivity index (χ2n) is 5.39. The highest BCUT2D eigenvalue weighted by Crippen LogP contribution is 2.26. The van der Waals surface area contributed by atoms with E-state index in [0.29, 0.717) is 19.0 Å². The van der Waals surface area contributed by atoms with Crippen LogP contribution in [-0.4, -0.2) is 35.9 Å². The van der Waals surface area contributed by atoms with E-state index >= 15 is 0 Å². The van der Waals surface area contributed by atoms with Gasteiger partial charge in [0.1, 0.15) is 0 Å². The minimum Gasteiger partial charge on any atom is -0.368 e. The molecule has 0 bridgehead atoms. The van der Waals surface area contributed by atoms with E-state index in [9.17, 15) is 9.18 Å². The molecule has 1 aliphatic rings. The third-order valence-corrected chi connectivity index (χ3v) is 3.82. The molecule has 0 atom stereocenters. The Hall–Kier alpha value is -1.65. The maximum atomic E-state index is 14.2. The third kappa shape index (κ3) is 3.26. The highest BCUT2D eigenvalue weighted by Gasteiger charge is 2.23. The molecule has 2 rings (SSSR count). The maximum absolute atomic E-state index is 14.2. The van der Waals surface area contributed by atoms with Crippen molar-refractivity contribution in [1.29, 1.82) is 0 Å². The van der Waals surface area contributed by atoms with Gasteiger partial charge in [-0.2, -0.15) is 0 Å². The van der Waals surface area contributed by atoms with Crippen LogP contribution >= 0.6 is 0 Å². The largest absolute Gasteiger partial charge is 0.368 e. The number of nitrogens with one attached hydrogen (secondary N) is 1. The van der Waals surface area contributed by atoms with Gasteiger partial charge in [-0.25, -0.2) is 9.37 Å². The fourth-order valence-corrected chi connectivity index (χ4v) is 2.77. The molecule has 1 aromatic rings. The van der Waals surface area contributed by atoms with E-state index in [1.807, 2.05) is 6.92 Å². The van der Waals surface area contributed by atoms with Gasteiger partial charge in [-0.3, -0.25) is 4.79 Å². The molecule has 1 amide bonds. The van der Waals surface area contributed by atoms with Crippen LogP contribution in [0.1, 0.15) is 43.0 Å². The Balaban J connectivity index is 2.09. The van der Waals surface area contributed by atoms with Crippen molar-refractivity contribution in [3.05, 3.63) is 23.6 Å². The zero-order valence-electron chi connectivity index (χ0n) is 12.2. The van der Waals surface area contributed by atoms with Crippen molar-refractivity contribution in [3.8, 4) is 0 Å². The highest BCUT2D eigenvalue weighted by molar-refractivity contribution is 5.95. The Morgan fingerprint density at radius 2 is 2.20 bits per heavy atom. The van der Waals surface area contributed by atoms with Gasteiger partial charge in [0.15, 0.2) is 11.6 Å². The minimum atomic E-state index is -0.558. The van der Waals surface area contributed by atoms with Crippen molar-refractivity contribution in [1.82, 2.24) is 9.88 Å². The Bertz CT molecular complexity index is 472. The quantitative estimate of drug-likeness (QED) is 0.901. The molecule has 1 fully saturated rings. The van der Waals surface area contributed by atoms with E-state index in [-0.39, 0.29) is 17.3 Å². The minimum absolute atomic E-state index is 0.0939. The fourth-order valence-electron chi connectivity index (χ4n) is 2.77. The Labute approximate surface area is 119 Å². The first-order chi connectivity index (χ1) is 9.63. The lowest BCUT2D eigenvalue weighted by atomic mass is 10.1. The Morgan fingerprint density at radius 1 is 1.50 bits per heavy atom. The zero-order valence-corrected chi connectivity index (χ0v) is 12.2. The lowest BCUT2D eigenvalue weighted by Gasteiger charge is -2.21. The Morgan fingerprint density at radius 3 is 2.85 bits per heavy atom. The van der Waals surface area contributed by atoms with Gasteiger partial charge < -0.3 is 10.2 Å². The molecule has 0 aromatic carbocycles. The van der Waals surface area contributed by atoms with Gasteiger partial charge in [0.05, 0.1) is 5.56 Å². The number of pyridine rings is 1. The Kier molecular flexibility index (Phi) is 4.93. The summed E-state index contributed by atoms with van der Waals surface area (Å²) in [5.74, 6) is -0.122. The van der Waals surface area contributed by atoms with Crippen LogP contribution in [-0.2, 0) is 0 Å². The average molecular weight is 279 g/mol. The van der Waals surface area contributed by atoms with Gasteiger partial charge in [0.25, 0.3) is 5.91 Å². The van der Waals surface area contributed by atoms with Crippen LogP contribution < -0.4 is 5.32 Å². The normalized spacial score (nSPS) is 15.3. The van der Waals surface area contributed by atoms with E-state index in [1.165, 1.54) is 37.9 Å². The van der Waals surface area contributed by atoms with Crippen molar-refractivity contribution in [2.24, 2.45) is 5.92 Å². The summed E-state index contributed by atoms with van der Waals surface area (Å²) in [4.78, 5) is 17.9. The number of halogens is 1. The molecule has 110 valence electrons. The fraction of sp³-hybridized carbons (Fsp3) is 0.600. The molecule has 1 aromatic heterocycles. The molecule has 1 aliphatic carbocycles. The molecular formula is C15H22FN3O. The van der Waals surface area contributed by atoms with Gasteiger partial charge >= 0.3 is 0 Å². The molecule has 20 heavy (non-hydrogen) atoms.